The summed E-state index contributed by atoms with van der Waals surface area (Å²) in [5.41, 5.74) is 3.81. The minimum absolute atomic E-state index is 0.0259. The molecule has 0 aliphatic carbocycles. The van der Waals surface area contributed by atoms with E-state index in [-0.39, 0.29) is 5.78 Å². The molecule has 0 spiro atoms. The lowest BCUT2D eigenvalue weighted by molar-refractivity contribution is 0.104. The van der Waals surface area contributed by atoms with Gasteiger partial charge in [-0.25, -0.2) is 0 Å². The highest BCUT2D eigenvalue weighted by Gasteiger charge is 2.05. The van der Waals surface area contributed by atoms with Crippen molar-refractivity contribution in [3.63, 3.8) is 0 Å². The number of carbonyl (C=O) groups excluding carboxylic acids is 1. The van der Waals surface area contributed by atoms with E-state index in [2.05, 4.69) is 0 Å². The molecule has 0 saturated carbocycles. The van der Waals surface area contributed by atoms with Crippen LogP contribution in [-0.4, -0.2) is 12.4 Å². The maximum Gasteiger partial charge on any atom is 0.186 e. The second-order valence-electron chi connectivity index (χ2n) is 5.02. The van der Waals surface area contributed by atoms with E-state index in [1.54, 1.807) is 6.08 Å². The molecule has 0 fully saturated rings. The molecule has 0 atom stereocenters. The Balaban J connectivity index is 2.18. The molecule has 0 N–H and O–H groups in total. The quantitative estimate of drug-likeness (QED) is 0.591. The monoisotopic (exact) mass is 280 g/mol. The number of hydrogen-bond donors (Lipinski definition) is 0. The molecule has 0 bridgehead atoms. The highest BCUT2D eigenvalue weighted by atomic mass is 16.5. The van der Waals surface area contributed by atoms with Crippen molar-refractivity contribution >= 4 is 11.9 Å². The summed E-state index contributed by atoms with van der Waals surface area (Å²) < 4.78 is 5.45. The lowest BCUT2D eigenvalue weighted by Crippen LogP contribution is -1.98. The number of rotatable bonds is 5. The van der Waals surface area contributed by atoms with Crippen molar-refractivity contribution in [3.05, 3.63) is 70.8 Å². The van der Waals surface area contributed by atoms with Crippen molar-refractivity contribution in [2.75, 3.05) is 6.61 Å². The van der Waals surface area contributed by atoms with Crippen LogP contribution >= 0.6 is 0 Å². The SMILES string of the molecule is CCOc1cccc(/C=C/C(=O)c2cc(C)ccc2C)c1. The molecule has 2 aromatic rings. The predicted octanol–water partition coefficient (Wildman–Crippen LogP) is 4.60. The zero-order valence-electron chi connectivity index (χ0n) is 12.7. The van der Waals surface area contributed by atoms with E-state index < -0.39 is 0 Å². The fraction of sp³-hybridized carbons (Fsp3) is 0.211. The molecule has 2 nitrogen and oxygen atoms in total. The molecular weight excluding hydrogens is 260 g/mol. The third-order valence-corrected chi connectivity index (χ3v) is 3.25. The zero-order chi connectivity index (χ0) is 15.2. The maximum absolute atomic E-state index is 12.3. The van der Waals surface area contributed by atoms with Crippen LogP contribution in [0.5, 0.6) is 5.75 Å². The average Bonchev–Trinajstić information content (AvgIpc) is 2.48. The van der Waals surface area contributed by atoms with E-state index in [1.165, 1.54) is 0 Å². The van der Waals surface area contributed by atoms with Crippen molar-refractivity contribution in [2.24, 2.45) is 0 Å². The largest absolute Gasteiger partial charge is 0.494 e. The van der Waals surface area contributed by atoms with Gasteiger partial charge in [-0.05, 0) is 56.2 Å². The van der Waals surface area contributed by atoms with Crippen LogP contribution in [0.1, 0.15) is 34.0 Å². The van der Waals surface area contributed by atoms with Gasteiger partial charge in [-0.1, -0.05) is 35.9 Å². The van der Waals surface area contributed by atoms with Crippen molar-refractivity contribution in [2.45, 2.75) is 20.8 Å². The molecule has 108 valence electrons. The normalized spacial score (nSPS) is 10.8. The summed E-state index contributed by atoms with van der Waals surface area (Å²) in [6.07, 6.45) is 3.44. The second kappa shape index (κ2) is 6.89. The molecule has 0 unspecified atom stereocenters. The third kappa shape index (κ3) is 4.06. The van der Waals surface area contributed by atoms with Crippen molar-refractivity contribution < 1.29 is 9.53 Å². The molecule has 0 aromatic heterocycles. The van der Waals surface area contributed by atoms with Crippen LogP contribution in [0.4, 0.5) is 0 Å². The van der Waals surface area contributed by atoms with Gasteiger partial charge in [0.15, 0.2) is 5.78 Å². The molecular formula is C19H20O2. The number of ether oxygens (including phenoxy) is 1. The molecule has 0 saturated heterocycles. The van der Waals surface area contributed by atoms with Gasteiger partial charge in [-0.3, -0.25) is 4.79 Å². The summed E-state index contributed by atoms with van der Waals surface area (Å²) >= 11 is 0. The summed E-state index contributed by atoms with van der Waals surface area (Å²) in [6.45, 7) is 6.53. The topological polar surface area (TPSA) is 26.3 Å². The van der Waals surface area contributed by atoms with E-state index >= 15 is 0 Å². The Morgan fingerprint density at radius 3 is 2.71 bits per heavy atom. The van der Waals surface area contributed by atoms with Crippen LogP contribution in [0, 0.1) is 13.8 Å². The summed E-state index contributed by atoms with van der Waals surface area (Å²) in [5, 5.41) is 0. The summed E-state index contributed by atoms with van der Waals surface area (Å²) in [5.74, 6) is 0.844. The average molecular weight is 280 g/mol. The second-order valence-corrected chi connectivity index (χ2v) is 5.02. The van der Waals surface area contributed by atoms with Crippen LogP contribution in [0.3, 0.4) is 0 Å². The van der Waals surface area contributed by atoms with Gasteiger partial charge in [-0.15, -0.1) is 0 Å². The van der Waals surface area contributed by atoms with Gasteiger partial charge in [0, 0.05) is 5.56 Å². The molecule has 0 aliphatic heterocycles. The molecule has 21 heavy (non-hydrogen) atoms. The molecule has 0 aliphatic rings. The Morgan fingerprint density at radius 2 is 1.95 bits per heavy atom. The summed E-state index contributed by atoms with van der Waals surface area (Å²) in [4.78, 5) is 12.3. The first-order valence-electron chi connectivity index (χ1n) is 7.12. The smallest absolute Gasteiger partial charge is 0.186 e. The van der Waals surface area contributed by atoms with E-state index in [9.17, 15) is 4.79 Å². The van der Waals surface area contributed by atoms with Crippen molar-refractivity contribution in [1.29, 1.82) is 0 Å². The van der Waals surface area contributed by atoms with Crippen LogP contribution in [0.15, 0.2) is 48.5 Å². The zero-order valence-corrected chi connectivity index (χ0v) is 12.7. The van der Waals surface area contributed by atoms with E-state index in [0.29, 0.717) is 6.61 Å². The fourth-order valence-corrected chi connectivity index (χ4v) is 2.14. The molecule has 0 radical (unpaired) electrons. The van der Waals surface area contributed by atoms with E-state index in [4.69, 9.17) is 4.74 Å². The molecule has 2 rings (SSSR count). The van der Waals surface area contributed by atoms with E-state index in [1.807, 2.05) is 69.3 Å². The number of aryl methyl sites for hydroxylation is 2. The Hall–Kier alpha value is -2.35. The van der Waals surface area contributed by atoms with E-state index in [0.717, 1.165) is 28.0 Å². The first-order chi connectivity index (χ1) is 10.1. The van der Waals surface area contributed by atoms with Gasteiger partial charge >= 0.3 is 0 Å². The number of carbonyl (C=O) groups is 1. The molecule has 0 amide bonds. The first-order valence-corrected chi connectivity index (χ1v) is 7.12. The van der Waals surface area contributed by atoms with Gasteiger partial charge in [-0.2, -0.15) is 0 Å². The van der Waals surface area contributed by atoms with Crippen LogP contribution in [-0.2, 0) is 0 Å². The van der Waals surface area contributed by atoms with Crippen molar-refractivity contribution in [1.82, 2.24) is 0 Å². The minimum Gasteiger partial charge on any atom is -0.494 e. The third-order valence-electron chi connectivity index (χ3n) is 3.25. The number of ketones is 1. The number of hydrogen-bond acceptors (Lipinski definition) is 2. The molecule has 0 heterocycles. The standard InChI is InChI=1S/C19H20O2/c1-4-21-17-7-5-6-16(13-17)10-11-19(20)18-12-14(2)8-9-15(18)3/h5-13H,4H2,1-3H3/b11-10+. The van der Waals surface area contributed by atoms with Gasteiger partial charge in [0.2, 0.25) is 0 Å². The van der Waals surface area contributed by atoms with Gasteiger partial charge in [0.1, 0.15) is 5.75 Å². The summed E-state index contributed by atoms with van der Waals surface area (Å²) in [7, 11) is 0. The maximum atomic E-state index is 12.3. The van der Waals surface area contributed by atoms with Gasteiger partial charge in [0.25, 0.3) is 0 Å². The Kier molecular flexibility index (Phi) is 4.94. The van der Waals surface area contributed by atoms with Crippen LogP contribution in [0.25, 0.3) is 6.08 Å². The van der Waals surface area contributed by atoms with Gasteiger partial charge in [0.05, 0.1) is 6.61 Å². The Labute approximate surface area is 126 Å². The summed E-state index contributed by atoms with van der Waals surface area (Å²) in [6, 6.07) is 13.6. The van der Waals surface area contributed by atoms with Crippen LogP contribution in [0.2, 0.25) is 0 Å². The highest BCUT2D eigenvalue weighted by molar-refractivity contribution is 6.07. The predicted molar refractivity (Wildman–Crippen MR) is 86.9 cm³/mol. The Morgan fingerprint density at radius 1 is 1.14 bits per heavy atom. The van der Waals surface area contributed by atoms with Crippen LogP contribution < -0.4 is 4.74 Å². The van der Waals surface area contributed by atoms with Crippen molar-refractivity contribution in [3.8, 4) is 5.75 Å². The number of allylic oxidation sites excluding steroid dienone is 1. The highest BCUT2D eigenvalue weighted by Crippen LogP contribution is 2.16. The lowest BCUT2D eigenvalue weighted by Gasteiger charge is -2.04. The fourth-order valence-electron chi connectivity index (χ4n) is 2.14. The lowest BCUT2D eigenvalue weighted by atomic mass is 10.0. The molecule has 2 heteroatoms. The Bertz CT molecular complexity index is 669. The van der Waals surface area contributed by atoms with Gasteiger partial charge < -0.3 is 4.74 Å². The minimum atomic E-state index is 0.0259. The first kappa shape index (κ1) is 15.0. The molecule has 2 aromatic carbocycles. The number of benzene rings is 2.